The number of nitrogens with zero attached hydrogens (tertiary/aromatic N) is 2. The number of rotatable bonds is 3. The Hall–Kier alpha value is -1.65. The van der Waals surface area contributed by atoms with Crippen LogP contribution in [-0.2, 0) is 11.3 Å². The molecule has 0 unspecified atom stereocenters. The number of furan rings is 1. The van der Waals surface area contributed by atoms with Gasteiger partial charge in [-0.3, -0.25) is 9.88 Å². The van der Waals surface area contributed by atoms with Gasteiger partial charge in [0.1, 0.15) is 11.5 Å². The molecule has 0 aromatic carbocycles. The van der Waals surface area contributed by atoms with Crippen LogP contribution in [-0.4, -0.2) is 35.2 Å². The summed E-state index contributed by atoms with van der Waals surface area (Å²) in [7, 11) is 0. The maximum Gasteiger partial charge on any atom is 0.118 e. The third-order valence-corrected chi connectivity index (χ3v) is 5.31. The Kier molecular flexibility index (Phi) is 3.95. The summed E-state index contributed by atoms with van der Waals surface area (Å²) in [5.41, 5.74) is 1.40. The van der Waals surface area contributed by atoms with E-state index < -0.39 is 0 Å². The minimum Gasteiger partial charge on any atom is -0.465 e. The Morgan fingerprint density at radius 2 is 2.13 bits per heavy atom. The van der Waals surface area contributed by atoms with Crippen LogP contribution in [0.15, 0.2) is 41.1 Å². The van der Waals surface area contributed by atoms with E-state index in [1.165, 1.54) is 5.56 Å². The fourth-order valence-electron chi connectivity index (χ4n) is 3.93. The molecular formula is C19H24N2O2. The molecule has 1 atom stereocenters. The minimum absolute atomic E-state index is 0.0795. The molecule has 0 N–H and O–H groups in total. The van der Waals surface area contributed by atoms with Crippen molar-refractivity contribution in [3.8, 4) is 0 Å². The number of hydrogen-bond donors (Lipinski definition) is 0. The monoisotopic (exact) mass is 312 g/mol. The van der Waals surface area contributed by atoms with Crippen LogP contribution in [0.3, 0.4) is 0 Å². The van der Waals surface area contributed by atoms with E-state index in [-0.39, 0.29) is 5.60 Å². The molecular weight excluding hydrogens is 288 g/mol. The molecule has 2 aliphatic heterocycles. The van der Waals surface area contributed by atoms with Crippen LogP contribution in [0.2, 0.25) is 0 Å². The molecule has 2 fully saturated rings. The summed E-state index contributed by atoms with van der Waals surface area (Å²) >= 11 is 0. The van der Waals surface area contributed by atoms with Crippen molar-refractivity contribution in [2.45, 2.75) is 44.2 Å². The normalized spacial score (nSPS) is 24.3. The molecule has 2 aromatic heterocycles. The quantitative estimate of drug-likeness (QED) is 0.869. The maximum absolute atomic E-state index is 6.27. The van der Waals surface area contributed by atoms with Crippen molar-refractivity contribution in [2.75, 3.05) is 19.7 Å². The molecule has 4 rings (SSSR count). The van der Waals surface area contributed by atoms with E-state index in [1.807, 2.05) is 31.5 Å². The fourth-order valence-corrected chi connectivity index (χ4v) is 3.93. The van der Waals surface area contributed by atoms with Crippen LogP contribution in [0, 0.1) is 6.92 Å². The second kappa shape index (κ2) is 6.10. The molecule has 0 bridgehead atoms. The van der Waals surface area contributed by atoms with Crippen LogP contribution in [0.25, 0.3) is 0 Å². The van der Waals surface area contributed by atoms with Crippen molar-refractivity contribution in [1.29, 1.82) is 0 Å². The Balaban J connectivity index is 1.34. The topological polar surface area (TPSA) is 38.5 Å². The average Bonchev–Trinajstić information content (AvgIpc) is 3.18. The van der Waals surface area contributed by atoms with E-state index in [4.69, 9.17) is 9.15 Å². The minimum atomic E-state index is 0.0795. The number of pyridine rings is 1. The van der Waals surface area contributed by atoms with Gasteiger partial charge in [0.25, 0.3) is 0 Å². The molecule has 1 spiro atoms. The average molecular weight is 312 g/mol. The first-order valence-electron chi connectivity index (χ1n) is 8.54. The summed E-state index contributed by atoms with van der Waals surface area (Å²) < 4.78 is 12.0. The van der Waals surface area contributed by atoms with Gasteiger partial charge in [0.15, 0.2) is 0 Å². The van der Waals surface area contributed by atoms with Gasteiger partial charge in [-0.25, -0.2) is 0 Å². The van der Waals surface area contributed by atoms with Gasteiger partial charge in [0.2, 0.25) is 0 Å². The zero-order valence-corrected chi connectivity index (χ0v) is 13.7. The Labute approximate surface area is 137 Å². The van der Waals surface area contributed by atoms with Gasteiger partial charge < -0.3 is 9.15 Å². The van der Waals surface area contributed by atoms with E-state index in [0.717, 1.165) is 57.0 Å². The van der Waals surface area contributed by atoms with E-state index in [9.17, 15) is 0 Å². The lowest BCUT2D eigenvalue weighted by Gasteiger charge is -2.38. The molecule has 0 radical (unpaired) electrons. The molecule has 23 heavy (non-hydrogen) atoms. The van der Waals surface area contributed by atoms with Gasteiger partial charge in [0.05, 0.1) is 18.8 Å². The summed E-state index contributed by atoms with van der Waals surface area (Å²) in [5, 5.41) is 0. The molecule has 4 heteroatoms. The third kappa shape index (κ3) is 3.19. The van der Waals surface area contributed by atoms with Crippen molar-refractivity contribution in [1.82, 2.24) is 9.88 Å². The number of aryl methyl sites for hydroxylation is 1. The lowest BCUT2D eigenvalue weighted by atomic mass is 9.83. The highest BCUT2D eigenvalue weighted by Gasteiger charge is 2.43. The van der Waals surface area contributed by atoms with Crippen molar-refractivity contribution in [2.24, 2.45) is 0 Å². The first kappa shape index (κ1) is 14.9. The fraction of sp³-hybridized carbons (Fsp3) is 0.526. The molecule has 4 heterocycles. The third-order valence-electron chi connectivity index (χ3n) is 5.31. The molecule has 122 valence electrons. The molecule has 2 aromatic rings. The number of hydrogen-bond acceptors (Lipinski definition) is 4. The van der Waals surface area contributed by atoms with Crippen LogP contribution >= 0.6 is 0 Å². The van der Waals surface area contributed by atoms with E-state index in [1.54, 1.807) is 0 Å². The van der Waals surface area contributed by atoms with Crippen molar-refractivity contribution in [3.05, 3.63) is 53.7 Å². The van der Waals surface area contributed by atoms with Crippen molar-refractivity contribution >= 4 is 0 Å². The van der Waals surface area contributed by atoms with Gasteiger partial charge in [-0.2, -0.15) is 0 Å². The first-order valence-corrected chi connectivity index (χ1v) is 8.54. The SMILES string of the molecule is Cc1ccc(CN2CCC3(CC2)C[C@@H](c2cccnc2)CO3)o1. The second-order valence-electron chi connectivity index (χ2n) is 6.97. The van der Waals surface area contributed by atoms with Crippen LogP contribution in [0.4, 0.5) is 0 Å². The zero-order valence-electron chi connectivity index (χ0n) is 13.7. The maximum atomic E-state index is 6.27. The number of likely N-dealkylation sites (tertiary alicyclic amines) is 1. The van der Waals surface area contributed by atoms with Crippen LogP contribution < -0.4 is 0 Å². The van der Waals surface area contributed by atoms with Gasteiger partial charge in [-0.15, -0.1) is 0 Å². The number of ether oxygens (including phenoxy) is 1. The Morgan fingerprint density at radius 3 is 2.83 bits per heavy atom. The lowest BCUT2D eigenvalue weighted by Crippen LogP contribution is -2.43. The van der Waals surface area contributed by atoms with Crippen LogP contribution in [0.1, 0.15) is 42.3 Å². The van der Waals surface area contributed by atoms with E-state index in [0.29, 0.717) is 5.92 Å². The Bertz CT molecular complexity index is 644. The predicted molar refractivity (Wildman–Crippen MR) is 88.2 cm³/mol. The highest BCUT2D eigenvalue weighted by Crippen LogP contribution is 2.42. The molecule has 0 amide bonds. The molecule has 0 aliphatic carbocycles. The first-order chi connectivity index (χ1) is 11.2. The van der Waals surface area contributed by atoms with Crippen molar-refractivity contribution < 1.29 is 9.15 Å². The summed E-state index contributed by atoms with van der Waals surface area (Å²) in [4.78, 5) is 6.73. The van der Waals surface area contributed by atoms with Crippen LogP contribution in [0.5, 0.6) is 0 Å². The smallest absolute Gasteiger partial charge is 0.118 e. The summed E-state index contributed by atoms with van der Waals surface area (Å²) in [6.07, 6.45) is 7.19. The molecule has 0 saturated carbocycles. The van der Waals surface area contributed by atoms with Gasteiger partial charge in [-0.1, -0.05) is 6.07 Å². The zero-order chi connectivity index (χ0) is 15.7. The highest BCUT2D eigenvalue weighted by atomic mass is 16.5. The van der Waals surface area contributed by atoms with Gasteiger partial charge >= 0.3 is 0 Å². The predicted octanol–water partition coefficient (Wildman–Crippen LogP) is 3.52. The van der Waals surface area contributed by atoms with Gasteiger partial charge in [-0.05, 0) is 49.9 Å². The van der Waals surface area contributed by atoms with Crippen molar-refractivity contribution in [3.63, 3.8) is 0 Å². The summed E-state index contributed by atoms with van der Waals surface area (Å²) in [6.45, 7) is 5.91. The standard InChI is InChI=1S/C19H24N2O2/c1-15-4-5-18(23-15)13-21-9-6-19(7-10-21)11-17(14-22-19)16-3-2-8-20-12-16/h2-5,8,12,17H,6-7,9-11,13-14H2,1H3/t17-/m1/s1. The Morgan fingerprint density at radius 1 is 1.26 bits per heavy atom. The largest absolute Gasteiger partial charge is 0.465 e. The second-order valence-corrected chi connectivity index (χ2v) is 6.97. The molecule has 4 nitrogen and oxygen atoms in total. The number of aromatic nitrogens is 1. The van der Waals surface area contributed by atoms with E-state index >= 15 is 0 Å². The summed E-state index contributed by atoms with van der Waals surface area (Å²) in [6, 6.07) is 8.33. The summed E-state index contributed by atoms with van der Waals surface area (Å²) in [5.74, 6) is 2.56. The van der Waals surface area contributed by atoms with Gasteiger partial charge in [0, 0.05) is 31.4 Å². The lowest BCUT2D eigenvalue weighted by molar-refractivity contribution is -0.0457. The molecule has 2 aliphatic rings. The highest BCUT2D eigenvalue weighted by molar-refractivity contribution is 5.18. The van der Waals surface area contributed by atoms with E-state index in [2.05, 4.69) is 22.0 Å². The molecule has 2 saturated heterocycles. The number of piperidine rings is 1.